The molecule has 0 fully saturated rings. The van der Waals surface area contributed by atoms with Crippen LogP contribution in [0.25, 0.3) is 0 Å². The van der Waals surface area contributed by atoms with Gasteiger partial charge in [0.2, 0.25) is 5.91 Å². The molecule has 1 amide bonds. The minimum Gasteiger partial charge on any atom is -0.374 e. The number of nitrogens with one attached hydrogen (secondary N) is 2. The highest BCUT2D eigenvalue weighted by molar-refractivity contribution is 7.99. The number of hydrogen-bond donors (Lipinski definition) is 2. The quantitative estimate of drug-likeness (QED) is 0.590. The number of para-hydroxylation sites is 1. The Labute approximate surface area is 146 Å². The third-order valence-corrected chi connectivity index (χ3v) is 4.04. The Balaban J connectivity index is 2.01. The molecule has 4 nitrogen and oxygen atoms in total. The predicted molar refractivity (Wildman–Crippen MR) is 91.3 cm³/mol. The number of halogens is 3. The maximum absolute atomic E-state index is 13.6. The normalized spacial score (nSPS) is 10.1. The molecule has 2 aromatic carbocycles. The molecule has 2 rings (SSSR count). The summed E-state index contributed by atoms with van der Waals surface area (Å²) in [5.74, 6) is -2.39. The number of nitrogens with zero attached hydrogens (tertiary/aromatic N) is 1. The Morgan fingerprint density at radius 2 is 2.00 bits per heavy atom. The van der Waals surface area contributed by atoms with Gasteiger partial charge in [0, 0.05) is 9.92 Å². The van der Waals surface area contributed by atoms with E-state index in [0.29, 0.717) is 5.69 Å². The van der Waals surface area contributed by atoms with E-state index in [9.17, 15) is 13.6 Å². The number of rotatable bonds is 6. The van der Waals surface area contributed by atoms with Crippen molar-refractivity contribution in [1.82, 2.24) is 0 Å². The van der Waals surface area contributed by atoms with E-state index in [1.54, 1.807) is 24.3 Å². The molecule has 0 heterocycles. The summed E-state index contributed by atoms with van der Waals surface area (Å²) in [4.78, 5) is 12.7. The van der Waals surface area contributed by atoms with Gasteiger partial charge in [-0.3, -0.25) is 4.79 Å². The molecule has 0 aliphatic rings. The van der Waals surface area contributed by atoms with E-state index in [1.165, 1.54) is 17.8 Å². The molecule has 2 N–H and O–H groups in total. The van der Waals surface area contributed by atoms with Gasteiger partial charge in [-0.1, -0.05) is 23.7 Å². The topological polar surface area (TPSA) is 64.9 Å². The Kier molecular flexibility index (Phi) is 6.41. The molecule has 0 radical (unpaired) electrons. The third-order valence-electron chi connectivity index (χ3n) is 2.89. The smallest absolute Gasteiger partial charge is 0.243 e. The minimum atomic E-state index is -1.10. The van der Waals surface area contributed by atoms with Crippen molar-refractivity contribution in [1.29, 1.82) is 5.26 Å². The summed E-state index contributed by atoms with van der Waals surface area (Å²) in [5.41, 5.74) is 0.351. The summed E-state index contributed by atoms with van der Waals surface area (Å²) in [6.07, 6.45) is 0. The summed E-state index contributed by atoms with van der Waals surface area (Å²) < 4.78 is 26.9. The van der Waals surface area contributed by atoms with Crippen LogP contribution in [-0.2, 0) is 4.79 Å². The van der Waals surface area contributed by atoms with Gasteiger partial charge in [-0.15, -0.1) is 11.8 Å². The number of hydrogen-bond acceptors (Lipinski definition) is 4. The summed E-state index contributed by atoms with van der Waals surface area (Å²) in [5, 5.41) is 13.8. The van der Waals surface area contributed by atoms with E-state index in [0.717, 1.165) is 11.0 Å². The van der Waals surface area contributed by atoms with Crippen LogP contribution in [0.2, 0.25) is 5.02 Å². The molecular weight excluding hydrogens is 356 g/mol. The predicted octanol–water partition coefficient (Wildman–Crippen LogP) is 4.28. The van der Waals surface area contributed by atoms with Crippen molar-refractivity contribution in [2.45, 2.75) is 4.90 Å². The highest BCUT2D eigenvalue weighted by Crippen LogP contribution is 2.27. The van der Waals surface area contributed by atoms with E-state index >= 15 is 0 Å². The van der Waals surface area contributed by atoms with Crippen LogP contribution in [0.5, 0.6) is 0 Å². The molecule has 0 spiro atoms. The maximum atomic E-state index is 13.6. The zero-order valence-electron chi connectivity index (χ0n) is 12.3. The maximum Gasteiger partial charge on any atom is 0.243 e. The second-order valence-electron chi connectivity index (χ2n) is 4.59. The third kappa shape index (κ3) is 4.85. The Morgan fingerprint density at radius 1 is 1.25 bits per heavy atom. The number of amides is 1. The van der Waals surface area contributed by atoms with E-state index < -0.39 is 17.5 Å². The molecule has 0 saturated heterocycles. The van der Waals surface area contributed by atoms with Crippen molar-refractivity contribution < 1.29 is 13.6 Å². The molecule has 24 heavy (non-hydrogen) atoms. The number of carbonyl (C=O) groups is 1. The van der Waals surface area contributed by atoms with Crippen molar-refractivity contribution in [2.75, 3.05) is 22.9 Å². The summed E-state index contributed by atoms with van der Waals surface area (Å²) >= 11 is 6.95. The fraction of sp³-hybridized carbons (Fsp3) is 0.125. The number of carbonyl (C=O) groups excluding carboxylic acids is 1. The number of anilines is 2. The van der Waals surface area contributed by atoms with Gasteiger partial charge in [0.15, 0.2) is 11.6 Å². The average molecular weight is 368 g/mol. The fourth-order valence-corrected chi connectivity index (χ4v) is 2.73. The fourth-order valence-electron chi connectivity index (χ4n) is 1.86. The van der Waals surface area contributed by atoms with Gasteiger partial charge < -0.3 is 10.6 Å². The summed E-state index contributed by atoms with van der Waals surface area (Å²) in [6.45, 7) is -0.270. The highest BCUT2D eigenvalue weighted by Gasteiger charge is 2.12. The van der Waals surface area contributed by atoms with Crippen molar-refractivity contribution in [3.63, 3.8) is 0 Å². The van der Waals surface area contributed by atoms with Crippen LogP contribution >= 0.6 is 23.4 Å². The molecule has 0 aliphatic carbocycles. The van der Waals surface area contributed by atoms with E-state index in [4.69, 9.17) is 16.9 Å². The highest BCUT2D eigenvalue weighted by atomic mass is 35.5. The SMILES string of the molecule is N#CCSc1ccccc1NC(=O)CNc1cc(Cl)cc(F)c1F. The van der Waals surface area contributed by atoms with Crippen molar-refractivity contribution in [2.24, 2.45) is 0 Å². The lowest BCUT2D eigenvalue weighted by Gasteiger charge is -2.11. The van der Waals surface area contributed by atoms with Crippen LogP contribution in [0.1, 0.15) is 0 Å². The van der Waals surface area contributed by atoms with Crippen LogP contribution in [0, 0.1) is 23.0 Å². The van der Waals surface area contributed by atoms with Crippen LogP contribution in [0.3, 0.4) is 0 Å². The van der Waals surface area contributed by atoms with Gasteiger partial charge in [-0.25, -0.2) is 8.78 Å². The number of thioether (sulfide) groups is 1. The Bertz CT molecular complexity index is 795. The van der Waals surface area contributed by atoms with E-state index in [1.807, 2.05) is 6.07 Å². The molecule has 2 aromatic rings. The van der Waals surface area contributed by atoms with Gasteiger partial charge in [0.1, 0.15) is 0 Å². The molecule has 0 atom stereocenters. The lowest BCUT2D eigenvalue weighted by molar-refractivity contribution is -0.114. The van der Waals surface area contributed by atoms with Crippen LogP contribution < -0.4 is 10.6 Å². The second-order valence-corrected chi connectivity index (χ2v) is 6.05. The van der Waals surface area contributed by atoms with Crippen LogP contribution in [0.4, 0.5) is 20.2 Å². The number of nitriles is 1. The first-order valence-corrected chi connectivity index (χ1v) is 8.14. The summed E-state index contributed by atoms with van der Waals surface area (Å²) in [7, 11) is 0. The molecule has 0 unspecified atom stereocenters. The van der Waals surface area contributed by atoms with Crippen molar-refractivity contribution in [3.8, 4) is 6.07 Å². The molecule has 124 valence electrons. The van der Waals surface area contributed by atoms with Crippen LogP contribution in [0.15, 0.2) is 41.3 Å². The molecule has 8 heteroatoms. The monoisotopic (exact) mass is 367 g/mol. The minimum absolute atomic E-state index is 0.0232. The first-order valence-electron chi connectivity index (χ1n) is 6.78. The molecular formula is C16H12ClF2N3OS. The molecule has 0 aromatic heterocycles. The lowest BCUT2D eigenvalue weighted by atomic mass is 10.3. The average Bonchev–Trinajstić information content (AvgIpc) is 2.56. The van der Waals surface area contributed by atoms with Gasteiger partial charge in [-0.05, 0) is 24.3 Å². The lowest BCUT2D eigenvalue weighted by Crippen LogP contribution is -2.22. The number of benzene rings is 2. The molecule has 0 aliphatic heterocycles. The summed E-state index contributed by atoms with van der Waals surface area (Å²) in [6, 6.07) is 11.1. The van der Waals surface area contributed by atoms with E-state index in [-0.39, 0.29) is 23.0 Å². The first kappa shape index (κ1) is 18.0. The zero-order valence-corrected chi connectivity index (χ0v) is 13.8. The Morgan fingerprint density at radius 3 is 2.75 bits per heavy atom. The Hall–Kier alpha value is -2.30. The van der Waals surface area contributed by atoms with Crippen molar-refractivity contribution >= 4 is 40.6 Å². The van der Waals surface area contributed by atoms with Crippen LogP contribution in [-0.4, -0.2) is 18.2 Å². The standard InChI is InChI=1S/C16H12ClF2N3OS/c17-10-7-11(18)16(19)13(8-10)21-9-15(23)22-12-3-1-2-4-14(12)24-6-5-20/h1-4,7-8,21H,6,9H2,(H,22,23). The second kappa shape index (κ2) is 8.52. The zero-order chi connectivity index (χ0) is 17.5. The first-order chi connectivity index (χ1) is 11.5. The van der Waals surface area contributed by atoms with Gasteiger partial charge >= 0.3 is 0 Å². The van der Waals surface area contributed by atoms with Crippen molar-refractivity contribution in [3.05, 3.63) is 53.1 Å². The largest absolute Gasteiger partial charge is 0.374 e. The molecule has 0 saturated carbocycles. The van der Waals surface area contributed by atoms with Gasteiger partial charge in [0.25, 0.3) is 0 Å². The van der Waals surface area contributed by atoms with Gasteiger partial charge in [0.05, 0.1) is 29.7 Å². The van der Waals surface area contributed by atoms with E-state index in [2.05, 4.69) is 10.6 Å². The van der Waals surface area contributed by atoms with Gasteiger partial charge in [-0.2, -0.15) is 5.26 Å². The molecule has 0 bridgehead atoms.